The molecular formula is C24H27N3O3S. The second-order valence-electron chi connectivity index (χ2n) is 8.14. The number of aromatic nitrogens is 2. The van der Waals surface area contributed by atoms with Crippen LogP contribution in [0.3, 0.4) is 0 Å². The number of carbonyl (C=O) groups excluding carboxylic acids is 1. The van der Waals surface area contributed by atoms with Crippen molar-refractivity contribution in [3.8, 4) is 11.5 Å². The van der Waals surface area contributed by atoms with Gasteiger partial charge in [0.25, 0.3) is 0 Å². The van der Waals surface area contributed by atoms with Gasteiger partial charge in [0.1, 0.15) is 12.7 Å². The molecule has 1 unspecified atom stereocenters. The summed E-state index contributed by atoms with van der Waals surface area (Å²) in [4.78, 5) is 17.4. The van der Waals surface area contributed by atoms with Crippen molar-refractivity contribution >= 4 is 28.7 Å². The number of nitrogens with one attached hydrogen (secondary N) is 1. The van der Waals surface area contributed by atoms with Crippen molar-refractivity contribution in [2.45, 2.75) is 49.4 Å². The van der Waals surface area contributed by atoms with E-state index in [4.69, 9.17) is 14.5 Å². The lowest BCUT2D eigenvalue weighted by Gasteiger charge is -2.26. The first-order chi connectivity index (χ1) is 15.3. The number of hydrogen-bond donors (Lipinski definition) is 1. The predicted octanol–water partition coefficient (Wildman–Crippen LogP) is 4.59. The van der Waals surface area contributed by atoms with E-state index in [9.17, 15) is 4.79 Å². The van der Waals surface area contributed by atoms with Crippen molar-refractivity contribution in [1.29, 1.82) is 0 Å². The maximum atomic E-state index is 12.5. The van der Waals surface area contributed by atoms with Gasteiger partial charge in [0, 0.05) is 6.04 Å². The van der Waals surface area contributed by atoms with Gasteiger partial charge in [-0.05, 0) is 37.1 Å². The topological polar surface area (TPSA) is 65.4 Å². The number of nitrogens with zero attached hydrogens (tertiary/aromatic N) is 2. The summed E-state index contributed by atoms with van der Waals surface area (Å²) in [5.74, 6) is 1.79. The number of amides is 1. The Morgan fingerprint density at radius 3 is 2.71 bits per heavy atom. The molecule has 2 aromatic carbocycles. The van der Waals surface area contributed by atoms with Crippen LogP contribution in [0.1, 0.15) is 38.1 Å². The van der Waals surface area contributed by atoms with Crippen LogP contribution < -0.4 is 14.8 Å². The molecule has 0 saturated heterocycles. The number of rotatable bonds is 6. The van der Waals surface area contributed by atoms with Gasteiger partial charge in [0.2, 0.25) is 5.91 Å². The van der Waals surface area contributed by atoms with E-state index in [0.29, 0.717) is 24.9 Å². The molecule has 1 saturated carbocycles. The number of benzene rings is 2. The molecule has 1 aliphatic heterocycles. The third-order valence-electron chi connectivity index (χ3n) is 5.93. The number of carbonyl (C=O) groups is 1. The summed E-state index contributed by atoms with van der Waals surface area (Å²) in [5, 5.41) is 3.92. The highest BCUT2D eigenvalue weighted by Gasteiger charge is 2.23. The molecule has 7 heteroatoms. The van der Waals surface area contributed by atoms with E-state index in [2.05, 4.69) is 28.1 Å². The standard InChI is InChI=1S/C24H27N3O3S/c28-23(25-14-18-15-29-21-12-6-7-13-22(21)30-18)16-31-24-26-19-10-4-5-11-20(19)27(24)17-8-2-1-3-9-17/h4-7,10-13,17-18H,1-3,8-9,14-16H2,(H,25,28). The molecule has 5 rings (SSSR count). The van der Waals surface area contributed by atoms with Gasteiger partial charge in [-0.25, -0.2) is 4.98 Å². The van der Waals surface area contributed by atoms with Crippen LogP contribution in [0.5, 0.6) is 11.5 Å². The molecule has 3 aromatic rings. The Morgan fingerprint density at radius 2 is 1.84 bits per heavy atom. The Labute approximate surface area is 186 Å². The monoisotopic (exact) mass is 437 g/mol. The Morgan fingerprint density at radius 1 is 1.06 bits per heavy atom. The summed E-state index contributed by atoms with van der Waals surface area (Å²) in [5.41, 5.74) is 2.17. The van der Waals surface area contributed by atoms with Crippen LogP contribution in [0.2, 0.25) is 0 Å². The highest BCUT2D eigenvalue weighted by Crippen LogP contribution is 2.35. The van der Waals surface area contributed by atoms with Gasteiger partial charge in [-0.15, -0.1) is 0 Å². The molecule has 6 nitrogen and oxygen atoms in total. The first-order valence-electron chi connectivity index (χ1n) is 11.0. The van der Waals surface area contributed by atoms with Gasteiger partial charge in [-0.2, -0.15) is 0 Å². The number of hydrogen-bond acceptors (Lipinski definition) is 5. The second-order valence-corrected chi connectivity index (χ2v) is 9.08. The number of fused-ring (bicyclic) bond motifs is 2. The molecule has 1 atom stereocenters. The van der Waals surface area contributed by atoms with Crippen molar-refractivity contribution in [2.24, 2.45) is 0 Å². The molecule has 2 aliphatic rings. The molecule has 1 amide bonds. The van der Waals surface area contributed by atoms with Gasteiger partial charge in [0.05, 0.1) is 23.3 Å². The van der Waals surface area contributed by atoms with Crippen LogP contribution in [0.25, 0.3) is 11.0 Å². The molecule has 1 aliphatic carbocycles. The third-order valence-corrected chi connectivity index (χ3v) is 6.88. The Bertz CT molecular complexity index is 1060. The number of ether oxygens (including phenoxy) is 2. The van der Waals surface area contributed by atoms with Crippen molar-refractivity contribution in [3.63, 3.8) is 0 Å². The minimum Gasteiger partial charge on any atom is -0.486 e. The highest BCUT2D eigenvalue weighted by molar-refractivity contribution is 7.99. The summed E-state index contributed by atoms with van der Waals surface area (Å²) in [6.07, 6.45) is 6.01. The van der Waals surface area contributed by atoms with Crippen molar-refractivity contribution < 1.29 is 14.3 Å². The quantitative estimate of drug-likeness (QED) is 0.572. The molecule has 1 fully saturated rings. The Balaban J connectivity index is 1.20. The van der Waals surface area contributed by atoms with Crippen molar-refractivity contribution in [2.75, 3.05) is 18.9 Å². The Hall–Kier alpha value is -2.67. The van der Waals surface area contributed by atoms with E-state index in [0.717, 1.165) is 22.2 Å². The first kappa shape index (κ1) is 20.2. The van der Waals surface area contributed by atoms with Crippen molar-refractivity contribution in [3.05, 3.63) is 48.5 Å². The summed E-state index contributed by atoms with van der Waals surface area (Å²) >= 11 is 1.52. The van der Waals surface area contributed by atoms with Crippen LogP contribution in [0.4, 0.5) is 0 Å². The van der Waals surface area contributed by atoms with Gasteiger partial charge >= 0.3 is 0 Å². The van der Waals surface area contributed by atoms with E-state index in [1.54, 1.807) is 0 Å². The Kier molecular flexibility index (Phi) is 6.02. The smallest absolute Gasteiger partial charge is 0.230 e. The third kappa shape index (κ3) is 4.51. The van der Waals surface area contributed by atoms with Crippen LogP contribution in [-0.2, 0) is 4.79 Å². The van der Waals surface area contributed by atoms with Gasteiger partial charge in [-0.3, -0.25) is 4.79 Å². The first-order valence-corrected chi connectivity index (χ1v) is 12.0. The SMILES string of the molecule is O=C(CSc1nc2ccccc2n1C1CCCCC1)NCC1COc2ccccc2O1. The normalized spacial score (nSPS) is 18.8. The van der Waals surface area contributed by atoms with Crippen LogP contribution in [0, 0.1) is 0 Å². The van der Waals surface area contributed by atoms with E-state index in [1.807, 2.05) is 30.3 Å². The largest absolute Gasteiger partial charge is 0.486 e. The maximum Gasteiger partial charge on any atom is 0.230 e. The predicted molar refractivity (Wildman–Crippen MR) is 122 cm³/mol. The zero-order valence-electron chi connectivity index (χ0n) is 17.5. The zero-order chi connectivity index (χ0) is 21.0. The lowest BCUT2D eigenvalue weighted by molar-refractivity contribution is -0.119. The number of thioether (sulfide) groups is 1. The summed E-state index contributed by atoms with van der Waals surface area (Å²) in [7, 11) is 0. The summed E-state index contributed by atoms with van der Waals surface area (Å²) in [6, 6.07) is 16.4. The minimum atomic E-state index is -0.185. The van der Waals surface area contributed by atoms with Crippen LogP contribution in [-0.4, -0.2) is 40.5 Å². The molecule has 31 heavy (non-hydrogen) atoms. The fourth-order valence-corrected chi connectivity index (χ4v) is 5.30. The van der Waals surface area contributed by atoms with Gasteiger partial charge in [0.15, 0.2) is 16.7 Å². The van der Waals surface area contributed by atoms with Gasteiger partial charge < -0.3 is 19.4 Å². The van der Waals surface area contributed by atoms with E-state index >= 15 is 0 Å². The second kappa shape index (κ2) is 9.22. The molecule has 0 bridgehead atoms. The average Bonchev–Trinajstić information content (AvgIpc) is 3.20. The molecule has 1 aromatic heterocycles. The fraction of sp³-hybridized carbons (Fsp3) is 0.417. The molecule has 162 valence electrons. The molecule has 0 radical (unpaired) electrons. The van der Waals surface area contributed by atoms with E-state index < -0.39 is 0 Å². The zero-order valence-corrected chi connectivity index (χ0v) is 18.3. The lowest BCUT2D eigenvalue weighted by Crippen LogP contribution is -2.41. The maximum absolute atomic E-state index is 12.5. The number of imidazole rings is 1. The molecular weight excluding hydrogens is 410 g/mol. The van der Waals surface area contributed by atoms with E-state index in [-0.39, 0.29) is 12.0 Å². The lowest BCUT2D eigenvalue weighted by atomic mass is 9.95. The molecule has 1 N–H and O–H groups in total. The summed E-state index contributed by atoms with van der Waals surface area (Å²) in [6.45, 7) is 0.856. The summed E-state index contributed by atoms with van der Waals surface area (Å²) < 4.78 is 14.0. The molecule has 0 spiro atoms. The highest BCUT2D eigenvalue weighted by atomic mass is 32.2. The number of para-hydroxylation sites is 4. The minimum absolute atomic E-state index is 0.0188. The van der Waals surface area contributed by atoms with Gasteiger partial charge in [-0.1, -0.05) is 55.3 Å². The average molecular weight is 438 g/mol. The fourth-order valence-electron chi connectivity index (χ4n) is 4.39. The van der Waals surface area contributed by atoms with E-state index in [1.165, 1.54) is 49.4 Å². The van der Waals surface area contributed by atoms with Crippen molar-refractivity contribution in [1.82, 2.24) is 14.9 Å². The molecule has 2 heterocycles. The van der Waals surface area contributed by atoms with Crippen LogP contribution >= 0.6 is 11.8 Å². The van der Waals surface area contributed by atoms with Crippen LogP contribution in [0.15, 0.2) is 53.7 Å².